The minimum atomic E-state index is -1.33. The third-order valence-electron chi connectivity index (χ3n) is 14.4. The first kappa shape index (κ1) is 71.6. The summed E-state index contributed by atoms with van der Waals surface area (Å²) in [4.78, 5) is 112. The van der Waals surface area contributed by atoms with Gasteiger partial charge in [0, 0.05) is 40.8 Å². The topological polar surface area (TPSA) is 279 Å². The molecule has 5 N–H and O–H groups in total. The zero-order valence-corrected chi connectivity index (χ0v) is 51.4. The van der Waals surface area contributed by atoms with Crippen LogP contribution in [-0.4, -0.2) is 209 Å². The van der Waals surface area contributed by atoms with E-state index in [4.69, 9.17) is 33.2 Å². The van der Waals surface area contributed by atoms with E-state index in [0.29, 0.717) is 25.8 Å². The van der Waals surface area contributed by atoms with E-state index in [1.807, 2.05) is 97.8 Å². The van der Waals surface area contributed by atoms with Crippen molar-refractivity contribution >= 4 is 47.6 Å². The highest BCUT2D eigenvalue weighted by Crippen LogP contribution is 2.30. The van der Waals surface area contributed by atoms with E-state index in [-0.39, 0.29) is 87.8 Å². The van der Waals surface area contributed by atoms with Gasteiger partial charge in [0.1, 0.15) is 18.8 Å². The molecule has 0 radical (unpaired) electrons. The molecule has 4 unspecified atom stereocenters. The van der Waals surface area contributed by atoms with E-state index in [1.54, 1.807) is 37.6 Å². The lowest BCUT2D eigenvalue weighted by Gasteiger charge is -2.39. The summed E-state index contributed by atoms with van der Waals surface area (Å²) in [5, 5.41) is 20.7. The molecule has 23 nitrogen and oxygen atoms in total. The number of benzene rings is 1. The molecule has 0 saturated carbocycles. The third-order valence-corrected chi connectivity index (χ3v) is 14.4. The number of carbonyl (C=O) groups is 8. The molecule has 2 rings (SSSR count). The molecule has 0 bridgehead atoms. The lowest BCUT2D eigenvalue weighted by Crippen LogP contribution is -2.56. The third kappa shape index (κ3) is 24.1. The van der Waals surface area contributed by atoms with Crippen LogP contribution in [-0.2, 0) is 73.1 Å². The average molecular weight is 1150 g/mol. The van der Waals surface area contributed by atoms with Crippen molar-refractivity contribution in [2.24, 2.45) is 23.2 Å². The van der Waals surface area contributed by atoms with E-state index in [0.717, 1.165) is 5.56 Å². The van der Waals surface area contributed by atoms with Crippen molar-refractivity contribution in [1.82, 2.24) is 36.0 Å². The summed E-state index contributed by atoms with van der Waals surface area (Å²) in [7, 11) is 8.27. The normalized spacial score (nSPS) is 17.8. The summed E-state index contributed by atoms with van der Waals surface area (Å²) in [6.07, 6.45) is -4.73. The van der Waals surface area contributed by atoms with Crippen LogP contribution >= 0.6 is 0 Å². The van der Waals surface area contributed by atoms with Crippen LogP contribution in [0.3, 0.4) is 0 Å². The first-order valence-electron chi connectivity index (χ1n) is 28.4. The van der Waals surface area contributed by atoms with Crippen LogP contribution in [0.15, 0.2) is 30.3 Å². The molecule has 0 aromatic heterocycles. The number of amides is 6. The van der Waals surface area contributed by atoms with E-state index < -0.39 is 102 Å². The van der Waals surface area contributed by atoms with Gasteiger partial charge >= 0.3 is 18.0 Å². The van der Waals surface area contributed by atoms with Gasteiger partial charge in [-0.2, -0.15) is 0 Å². The molecule has 23 heteroatoms. The van der Waals surface area contributed by atoms with Gasteiger partial charge in [-0.1, -0.05) is 92.1 Å². The van der Waals surface area contributed by atoms with Gasteiger partial charge in [0.25, 0.3) is 0 Å². The zero-order chi connectivity index (χ0) is 61.3. The van der Waals surface area contributed by atoms with Crippen molar-refractivity contribution in [1.29, 1.82) is 0 Å². The number of hydrogen-bond acceptors (Lipinski definition) is 17. The summed E-state index contributed by atoms with van der Waals surface area (Å²) in [5.41, 5.74) is 0.343. The van der Waals surface area contributed by atoms with Gasteiger partial charge < -0.3 is 69.3 Å². The number of aliphatic hydroxyl groups is 1. The Labute approximate surface area is 481 Å². The second kappa shape index (κ2) is 35.5. The van der Waals surface area contributed by atoms with Gasteiger partial charge in [-0.3, -0.25) is 33.7 Å². The molecule has 1 saturated heterocycles. The number of nitrogens with zero attached hydrogens (tertiary/aromatic N) is 3. The fraction of sp³-hybridized carbons (Fsp3) is 0.759. The first-order valence-corrected chi connectivity index (χ1v) is 28.4. The quantitative estimate of drug-likeness (QED) is 0.0369. The number of alkyl carbamates (subject to hydrolysis) is 1. The lowest BCUT2D eigenvalue weighted by atomic mass is 9.89. The number of ether oxygens (including phenoxy) is 7. The van der Waals surface area contributed by atoms with Gasteiger partial charge in [0.05, 0.1) is 81.0 Å². The Balaban J connectivity index is 2.07. The molecule has 1 aromatic rings. The molecule has 1 aromatic carbocycles. The first-order chi connectivity index (χ1) is 38.0. The van der Waals surface area contributed by atoms with E-state index in [1.165, 1.54) is 28.1 Å². The highest BCUT2D eigenvalue weighted by molar-refractivity contribution is 5.89. The van der Waals surface area contributed by atoms with Crippen molar-refractivity contribution in [3.63, 3.8) is 0 Å². The second-order valence-corrected chi connectivity index (χ2v) is 23.0. The molecule has 1 heterocycles. The number of likely N-dealkylation sites (tertiary alicyclic amines) is 1. The molecule has 462 valence electrons. The molecule has 1 aliphatic rings. The van der Waals surface area contributed by atoms with Crippen molar-refractivity contribution in [2.45, 2.75) is 189 Å². The second-order valence-electron chi connectivity index (χ2n) is 23.0. The van der Waals surface area contributed by atoms with Crippen LogP contribution in [0.25, 0.3) is 0 Å². The highest BCUT2D eigenvalue weighted by Gasteiger charge is 2.43. The molecule has 81 heavy (non-hydrogen) atoms. The van der Waals surface area contributed by atoms with Gasteiger partial charge in [-0.15, -0.1) is 0 Å². The summed E-state index contributed by atoms with van der Waals surface area (Å²) in [6.45, 7) is 20.9. The summed E-state index contributed by atoms with van der Waals surface area (Å²) in [6, 6.07) is 6.58. The molecule has 1 aliphatic heterocycles. The predicted molar refractivity (Wildman–Crippen MR) is 303 cm³/mol. The van der Waals surface area contributed by atoms with Crippen LogP contribution in [0, 0.1) is 23.2 Å². The number of nitrogens with one attached hydrogen (secondary N) is 4. The Kier molecular flexibility index (Phi) is 31.4. The Morgan fingerprint density at radius 2 is 1.48 bits per heavy atom. The SMILES string of the molecule is CC[C@H](C)C([C@@H](CC(=O)N1CCC[C@H]1[C@H](OC)[C@@H](C)C(=O)N[C@@H](Cc1ccccc1)C(=O)NC[C@@H](C)OC(=O)[C@H](C)OC(=O)CCNC(=O)OCC(OC(C)C)OC(CO)C(C)(C)C)OC)N(C)C(=O)CNC(=O)C(C(C)C)N(C)C. The van der Waals surface area contributed by atoms with Gasteiger partial charge in [0.15, 0.2) is 12.4 Å². The maximum Gasteiger partial charge on any atom is 0.407 e. The summed E-state index contributed by atoms with van der Waals surface area (Å²) < 4.78 is 39.5. The Morgan fingerprint density at radius 3 is 2.04 bits per heavy atom. The minimum Gasteiger partial charge on any atom is -0.458 e. The van der Waals surface area contributed by atoms with Crippen molar-refractivity contribution in [2.75, 3.05) is 74.8 Å². The van der Waals surface area contributed by atoms with Crippen molar-refractivity contribution in [3.05, 3.63) is 35.9 Å². The molecular weight excluding hydrogens is 1050 g/mol. The van der Waals surface area contributed by atoms with Crippen LogP contribution in [0.4, 0.5) is 4.79 Å². The highest BCUT2D eigenvalue weighted by atomic mass is 16.7. The fourth-order valence-electron chi connectivity index (χ4n) is 9.80. The lowest BCUT2D eigenvalue weighted by molar-refractivity contribution is -0.226. The number of aliphatic hydroxyl groups excluding tert-OH is 1. The van der Waals surface area contributed by atoms with Crippen molar-refractivity contribution in [3.8, 4) is 0 Å². The predicted octanol–water partition coefficient (Wildman–Crippen LogP) is 3.61. The fourth-order valence-corrected chi connectivity index (χ4v) is 9.80. The minimum absolute atomic E-state index is 0.0183. The van der Waals surface area contributed by atoms with Gasteiger partial charge in [-0.25, -0.2) is 9.59 Å². The van der Waals surface area contributed by atoms with E-state index in [9.17, 15) is 43.5 Å². The molecule has 1 fully saturated rings. The molecule has 12 atom stereocenters. The average Bonchev–Trinajstić information content (AvgIpc) is 3.89. The smallest absolute Gasteiger partial charge is 0.407 e. The molecular formula is C58H99N7O16. The zero-order valence-electron chi connectivity index (χ0n) is 51.4. The summed E-state index contributed by atoms with van der Waals surface area (Å²) >= 11 is 0. The Morgan fingerprint density at radius 1 is 0.827 bits per heavy atom. The number of likely N-dealkylation sites (N-methyl/N-ethyl adjacent to an activating group) is 2. The van der Waals surface area contributed by atoms with Crippen LogP contribution in [0.2, 0.25) is 0 Å². The monoisotopic (exact) mass is 1150 g/mol. The standard InChI is InChI=1S/C58H99N7O16/c1-18-37(6)51(64(15)47(68)32-61-55(72)50(35(2)3)63(13)14)44(75-16)30-46(67)65-28-22-25-43(65)52(76-17)39(8)53(70)62-42(29-41-23-20-19-21-24-41)54(71)60-31-38(7)79-56(73)40(9)80-48(69)26-27-59-57(74)77-34-49(78-36(4)5)81-45(33-66)58(10,11)12/h19-21,23-24,35-40,42-45,49-52,66H,18,22,25-34H2,1-17H3,(H,59,74)(H,60,71)(H,61,72)(H,62,70)/t37-,38+,39+,40-,42-,43-,44+,45?,49?,50?,51?,52+/m0/s1. The number of hydrogen-bond donors (Lipinski definition) is 5. The number of methoxy groups -OCH3 is 2. The van der Waals surface area contributed by atoms with Crippen LogP contribution < -0.4 is 21.3 Å². The van der Waals surface area contributed by atoms with Crippen LogP contribution in [0.5, 0.6) is 0 Å². The van der Waals surface area contributed by atoms with Crippen LogP contribution in [0.1, 0.15) is 121 Å². The van der Waals surface area contributed by atoms with E-state index in [2.05, 4.69) is 21.3 Å². The van der Waals surface area contributed by atoms with Gasteiger partial charge in [-0.05, 0) is 77.4 Å². The Bertz CT molecular complexity index is 2120. The largest absolute Gasteiger partial charge is 0.458 e. The summed E-state index contributed by atoms with van der Waals surface area (Å²) in [5.74, 6) is -4.46. The Hall–Kier alpha value is -5.46. The number of esters is 2. The van der Waals surface area contributed by atoms with Crippen molar-refractivity contribution < 1.29 is 76.6 Å². The number of rotatable bonds is 35. The molecule has 6 amide bonds. The molecule has 0 aliphatic carbocycles. The maximum absolute atomic E-state index is 14.4. The van der Waals surface area contributed by atoms with Gasteiger partial charge in [0.2, 0.25) is 29.5 Å². The maximum atomic E-state index is 14.4. The van der Waals surface area contributed by atoms with E-state index >= 15 is 0 Å². The molecule has 0 spiro atoms. The number of carbonyl (C=O) groups excluding carboxylic acids is 8.